The second-order valence-corrected chi connectivity index (χ2v) is 7.25. The van der Waals surface area contributed by atoms with Crippen LogP contribution in [0.1, 0.15) is 37.2 Å². The average molecular weight is 383 g/mol. The molecule has 0 saturated carbocycles. The fourth-order valence-corrected chi connectivity index (χ4v) is 3.24. The molecule has 8 heteroatoms. The number of likely N-dealkylation sites (tertiary alicyclic amines) is 1. The van der Waals surface area contributed by atoms with E-state index < -0.39 is 5.91 Å². The molecule has 0 bridgehead atoms. The first-order chi connectivity index (χ1) is 13.5. The van der Waals surface area contributed by atoms with Crippen LogP contribution in [0.2, 0.25) is 0 Å². The molecule has 1 unspecified atom stereocenters. The molecule has 2 heterocycles. The van der Waals surface area contributed by atoms with Crippen molar-refractivity contribution in [3.05, 3.63) is 42.1 Å². The SMILES string of the molecule is CC(C)C(=O)N1CCCC(C(=O)NNC(=O)c2cc(-c3ccccc3)n[nH]2)C1. The Morgan fingerprint density at radius 2 is 1.93 bits per heavy atom. The van der Waals surface area contributed by atoms with E-state index in [0.29, 0.717) is 25.2 Å². The summed E-state index contributed by atoms with van der Waals surface area (Å²) in [7, 11) is 0. The lowest BCUT2D eigenvalue weighted by atomic mass is 9.96. The van der Waals surface area contributed by atoms with Crippen molar-refractivity contribution in [2.45, 2.75) is 26.7 Å². The van der Waals surface area contributed by atoms with Crippen molar-refractivity contribution in [2.75, 3.05) is 13.1 Å². The molecule has 3 N–H and O–H groups in total. The maximum absolute atomic E-state index is 12.4. The number of aromatic nitrogens is 2. The third-order valence-corrected chi connectivity index (χ3v) is 4.79. The van der Waals surface area contributed by atoms with Gasteiger partial charge in [0.15, 0.2) is 0 Å². The van der Waals surface area contributed by atoms with Gasteiger partial charge in [0.1, 0.15) is 5.69 Å². The number of carbonyl (C=O) groups is 3. The molecular formula is C20H25N5O3. The van der Waals surface area contributed by atoms with E-state index in [4.69, 9.17) is 0 Å². The van der Waals surface area contributed by atoms with Gasteiger partial charge < -0.3 is 4.90 Å². The second kappa shape index (κ2) is 8.69. The number of hydrazine groups is 1. The van der Waals surface area contributed by atoms with Crippen LogP contribution in [0.5, 0.6) is 0 Å². The number of nitrogens with one attached hydrogen (secondary N) is 3. The summed E-state index contributed by atoms with van der Waals surface area (Å²) in [5.74, 6) is -1.15. The van der Waals surface area contributed by atoms with Gasteiger partial charge >= 0.3 is 0 Å². The monoisotopic (exact) mass is 383 g/mol. The number of aromatic amines is 1. The van der Waals surface area contributed by atoms with Gasteiger partial charge in [-0.2, -0.15) is 5.10 Å². The number of piperidine rings is 1. The highest BCUT2D eigenvalue weighted by Crippen LogP contribution is 2.19. The minimum absolute atomic E-state index is 0.0486. The molecule has 1 aromatic heterocycles. The van der Waals surface area contributed by atoms with Crippen LogP contribution in [0.3, 0.4) is 0 Å². The van der Waals surface area contributed by atoms with Crippen LogP contribution in [0.4, 0.5) is 0 Å². The summed E-state index contributed by atoms with van der Waals surface area (Å²) in [4.78, 5) is 38.6. The Morgan fingerprint density at radius 1 is 1.18 bits per heavy atom. The molecule has 3 amide bonds. The van der Waals surface area contributed by atoms with E-state index in [-0.39, 0.29) is 29.3 Å². The molecule has 8 nitrogen and oxygen atoms in total. The standard InChI is InChI=1S/C20H25N5O3/c1-13(2)20(28)25-10-6-9-15(12-25)18(26)23-24-19(27)17-11-16(21-22-17)14-7-4-3-5-8-14/h3-5,7-8,11,13,15H,6,9-10,12H2,1-2H3,(H,21,22)(H,23,26)(H,24,27). The first kappa shape index (κ1) is 19.6. The quantitative estimate of drug-likeness (QED) is 0.699. The minimum Gasteiger partial charge on any atom is -0.342 e. The Labute approximate surface area is 163 Å². The predicted octanol–water partition coefficient (Wildman–Crippen LogP) is 1.73. The number of H-pyrrole nitrogens is 1. The number of carbonyl (C=O) groups excluding carboxylic acids is 3. The number of hydrogen-bond donors (Lipinski definition) is 3. The Morgan fingerprint density at radius 3 is 2.64 bits per heavy atom. The molecule has 1 saturated heterocycles. The summed E-state index contributed by atoms with van der Waals surface area (Å²) < 4.78 is 0. The highest BCUT2D eigenvalue weighted by molar-refractivity contribution is 5.94. The van der Waals surface area contributed by atoms with Crippen LogP contribution in [-0.4, -0.2) is 45.9 Å². The van der Waals surface area contributed by atoms with Crippen molar-refractivity contribution < 1.29 is 14.4 Å². The molecule has 2 aromatic rings. The zero-order valence-corrected chi connectivity index (χ0v) is 16.1. The topological polar surface area (TPSA) is 107 Å². The molecule has 0 radical (unpaired) electrons. The highest BCUT2D eigenvalue weighted by Gasteiger charge is 2.29. The first-order valence-corrected chi connectivity index (χ1v) is 9.45. The molecule has 1 aliphatic rings. The maximum atomic E-state index is 12.4. The van der Waals surface area contributed by atoms with Crippen molar-refractivity contribution in [1.29, 1.82) is 0 Å². The summed E-state index contributed by atoms with van der Waals surface area (Å²) >= 11 is 0. The maximum Gasteiger partial charge on any atom is 0.287 e. The van der Waals surface area contributed by atoms with E-state index in [2.05, 4.69) is 21.0 Å². The van der Waals surface area contributed by atoms with Gasteiger partial charge in [-0.1, -0.05) is 44.2 Å². The Balaban J connectivity index is 1.54. The Hall–Kier alpha value is -3.16. The smallest absolute Gasteiger partial charge is 0.287 e. The lowest BCUT2D eigenvalue weighted by Gasteiger charge is -2.33. The third-order valence-electron chi connectivity index (χ3n) is 4.79. The molecular weight excluding hydrogens is 358 g/mol. The normalized spacial score (nSPS) is 16.7. The van der Waals surface area contributed by atoms with Gasteiger partial charge in [0.05, 0.1) is 11.6 Å². The summed E-state index contributed by atoms with van der Waals surface area (Å²) in [6.45, 7) is 4.74. The fraction of sp³-hybridized carbons (Fsp3) is 0.400. The molecule has 1 aliphatic heterocycles. The molecule has 3 rings (SSSR count). The molecule has 1 atom stereocenters. The van der Waals surface area contributed by atoms with E-state index in [1.54, 1.807) is 11.0 Å². The van der Waals surface area contributed by atoms with Crippen molar-refractivity contribution >= 4 is 17.7 Å². The van der Waals surface area contributed by atoms with Crippen molar-refractivity contribution in [1.82, 2.24) is 25.9 Å². The zero-order valence-electron chi connectivity index (χ0n) is 16.1. The van der Waals surface area contributed by atoms with Gasteiger partial charge in [-0.05, 0) is 18.9 Å². The molecule has 28 heavy (non-hydrogen) atoms. The van der Waals surface area contributed by atoms with Crippen LogP contribution in [-0.2, 0) is 9.59 Å². The van der Waals surface area contributed by atoms with Gasteiger partial charge in [-0.15, -0.1) is 0 Å². The van der Waals surface area contributed by atoms with E-state index in [1.807, 2.05) is 44.2 Å². The molecule has 1 fully saturated rings. The van der Waals surface area contributed by atoms with Crippen LogP contribution in [0, 0.1) is 11.8 Å². The van der Waals surface area contributed by atoms with Crippen molar-refractivity contribution in [3.63, 3.8) is 0 Å². The number of hydrogen-bond acceptors (Lipinski definition) is 4. The van der Waals surface area contributed by atoms with Crippen molar-refractivity contribution in [2.24, 2.45) is 11.8 Å². The summed E-state index contributed by atoms with van der Waals surface area (Å²) in [6, 6.07) is 11.1. The molecule has 0 spiro atoms. The van der Waals surface area contributed by atoms with Gasteiger partial charge in [-0.25, -0.2) is 0 Å². The van der Waals surface area contributed by atoms with Gasteiger partial charge in [0.2, 0.25) is 11.8 Å². The van der Waals surface area contributed by atoms with Gasteiger partial charge in [0, 0.05) is 24.6 Å². The van der Waals surface area contributed by atoms with Gasteiger partial charge in [-0.3, -0.25) is 30.3 Å². The van der Waals surface area contributed by atoms with Crippen LogP contribution >= 0.6 is 0 Å². The van der Waals surface area contributed by atoms with Crippen LogP contribution < -0.4 is 10.9 Å². The summed E-state index contributed by atoms with van der Waals surface area (Å²) in [5, 5.41) is 6.80. The third kappa shape index (κ3) is 4.57. The van der Waals surface area contributed by atoms with Crippen molar-refractivity contribution in [3.8, 4) is 11.3 Å². The number of amides is 3. The van der Waals surface area contributed by atoms with E-state index in [9.17, 15) is 14.4 Å². The van der Waals surface area contributed by atoms with Crippen LogP contribution in [0.15, 0.2) is 36.4 Å². The number of nitrogens with zero attached hydrogens (tertiary/aromatic N) is 2. The van der Waals surface area contributed by atoms with E-state index in [0.717, 1.165) is 12.0 Å². The fourth-order valence-electron chi connectivity index (χ4n) is 3.24. The molecule has 148 valence electrons. The van der Waals surface area contributed by atoms with E-state index in [1.165, 1.54) is 0 Å². The largest absolute Gasteiger partial charge is 0.342 e. The Kier molecular flexibility index (Phi) is 6.08. The summed E-state index contributed by atoms with van der Waals surface area (Å²) in [5.41, 5.74) is 6.66. The van der Waals surface area contributed by atoms with Gasteiger partial charge in [0.25, 0.3) is 5.91 Å². The minimum atomic E-state index is -0.478. The molecule has 0 aliphatic carbocycles. The Bertz CT molecular complexity index is 847. The second-order valence-electron chi connectivity index (χ2n) is 7.25. The molecule has 1 aromatic carbocycles. The number of benzene rings is 1. The zero-order chi connectivity index (χ0) is 20.1. The highest BCUT2D eigenvalue weighted by atomic mass is 16.2. The lowest BCUT2D eigenvalue weighted by Crippen LogP contribution is -2.50. The predicted molar refractivity (Wildman–Crippen MR) is 104 cm³/mol. The average Bonchev–Trinajstić information content (AvgIpc) is 3.22. The first-order valence-electron chi connectivity index (χ1n) is 9.45. The number of rotatable bonds is 4. The van der Waals surface area contributed by atoms with E-state index >= 15 is 0 Å². The van der Waals surface area contributed by atoms with Crippen LogP contribution in [0.25, 0.3) is 11.3 Å². The summed E-state index contributed by atoms with van der Waals surface area (Å²) in [6.07, 6.45) is 1.46. The lowest BCUT2D eigenvalue weighted by molar-refractivity contribution is -0.138.